The van der Waals surface area contributed by atoms with E-state index in [0.717, 1.165) is 29.8 Å². The van der Waals surface area contributed by atoms with Crippen molar-refractivity contribution in [1.82, 2.24) is 4.57 Å². The van der Waals surface area contributed by atoms with Crippen molar-refractivity contribution in [2.45, 2.75) is 25.4 Å². The predicted octanol–water partition coefficient (Wildman–Crippen LogP) is 2.57. The number of hydrogen-bond acceptors (Lipinski definition) is 1. The number of nitrogens with two attached hydrogens (primary N) is 1. The number of nitrogens with zero attached hydrogens (tertiary/aromatic N) is 1. The van der Waals surface area contributed by atoms with Crippen LogP contribution < -0.4 is 5.73 Å². The fraction of sp³-hybridized carbons (Fsp3) is 0.333. The van der Waals surface area contributed by atoms with Gasteiger partial charge in [-0.05, 0) is 31.0 Å². The molecule has 2 aromatic rings. The average Bonchev–Trinajstić information content (AvgIpc) is 2.58. The van der Waals surface area contributed by atoms with Crippen LogP contribution in [0.25, 0.3) is 10.9 Å². The molecule has 0 aliphatic carbocycles. The lowest BCUT2D eigenvalue weighted by molar-refractivity contribution is 0.470. The summed E-state index contributed by atoms with van der Waals surface area (Å²) in [5, 5.41) is 1.99. The minimum Gasteiger partial charge on any atom is -0.343 e. The first-order valence-corrected chi connectivity index (χ1v) is 5.66. The molecule has 1 aliphatic rings. The maximum absolute atomic E-state index is 6.17. The van der Waals surface area contributed by atoms with Crippen molar-refractivity contribution in [2.75, 3.05) is 0 Å². The van der Waals surface area contributed by atoms with Gasteiger partial charge in [-0.15, -0.1) is 0 Å². The van der Waals surface area contributed by atoms with Gasteiger partial charge in [-0.1, -0.05) is 17.7 Å². The van der Waals surface area contributed by atoms with Crippen LogP contribution in [0.3, 0.4) is 0 Å². The molecule has 1 aromatic carbocycles. The maximum Gasteiger partial charge on any atom is 0.0499 e. The lowest BCUT2D eigenvalue weighted by Gasteiger charge is -2.21. The Morgan fingerprint density at radius 3 is 3.13 bits per heavy atom. The van der Waals surface area contributed by atoms with Crippen LogP contribution in [-0.2, 0) is 13.0 Å². The van der Waals surface area contributed by atoms with E-state index in [9.17, 15) is 0 Å². The van der Waals surface area contributed by atoms with Crippen LogP contribution in [-0.4, -0.2) is 10.6 Å². The van der Waals surface area contributed by atoms with Crippen LogP contribution >= 0.6 is 11.6 Å². The summed E-state index contributed by atoms with van der Waals surface area (Å²) in [7, 11) is 0. The van der Waals surface area contributed by atoms with Crippen LogP contribution in [0.2, 0.25) is 5.02 Å². The van der Waals surface area contributed by atoms with Gasteiger partial charge in [0.2, 0.25) is 0 Å². The van der Waals surface area contributed by atoms with Crippen molar-refractivity contribution < 1.29 is 0 Å². The number of aryl methyl sites for hydroxylation is 1. The SMILES string of the molecule is NC1CCc2cc3c(Cl)cccc3n2C1. The predicted molar refractivity (Wildman–Crippen MR) is 63.2 cm³/mol. The summed E-state index contributed by atoms with van der Waals surface area (Å²) in [5.41, 5.74) is 8.56. The van der Waals surface area contributed by atoms with E-state index < -0.39 is 0 Å². The van der Waals surface area contributed by atoms with Gasteiger partial charge in [0.1, 0.15) is 0 Å². The molecular formula is C12H13ClN2. The van der Waals surface area contributed by atoms with E-state index >= 15 is 0 Å². The van der Waals surface area contributed by atoms with Crippen molar-refractivity contribution in [2.24, 2.45) is 5.73 Å². The Morgan fingerprint density at radius 2 is 2.27 bits per heavy atom. The number of fused-ring (bicyclic) bond motifs is 3. The van der Waals surface area contributed by atoms with Gasteiger partial charge in [-0.3, -0.25) is 0 Å². The van der Waals surface area contributed by atoms with E-state index in [2.05, 4.69) is 16.7 Å². The first kappa shape index (κ1) is 9.25. The third kappa shape index (κ3) is 1.36. The van der Waals surface area contributed by atoms with Crippen molar-refractivity contribution >= 4 is 22.5 Å². The average molecular weight is 221 g/mol. The van der Waals surface area contributed by atoms with Gasteiger partial charge in [0.25, 0.3) is 0 Å². The molecule has 0 saturated heterocycles. The Morgan fingerprint density at radius 1 is 1.40 bits per heavy atom. The Balaban J connectivity index is 2.29. The standard InChI is InChI=1S/C12H13ClN2/c13-11-2-1-3-12-10(11)6-9-5-4-8(14)7-15(9)12/h1-3,6,8H,4-5,7,14H2. The highest BCUT2D eigenvalue weighted by Crippen LogP contribution is 2.29. The fourth-order valence-corrected chi connectivity index (χ4v) is 2.61. The van der Waals surface area contributed by atoms with Gasteiger partial charge in [0, 0.05) is 34.2 Å². The molecule has 0 spiro atoms. The minimum absolute atomic E-state index is 0.284. The molecule has 1 atom stereocenters. The summed E-state index contributed by atoms with van der Waals surface area (Å²) in [5.74, 6) is 0. The summed E-state index contributed by atoms with van der Waals surface area (Å²) in [6.45, 7) is 0.916. The summed E-state index contributed by atoms with van der Waals surface area (Å²) < 4.78 is 2.30. The van der Waals surface area contributed by atoms with E-state index in [1.165, 1.54) is 11.2 Å². The molecule has 3 heteroatoms. The number of aromatic nitrogens is 1. The molecule has 1 aromatic heterocycles. The molecule has 2 N–H and O–H groups in total. The Kier molecular flexibility index (Phi) is 2.01. The minimum atomic E-state index is 0.284. The maximum atomic E-state index is 6.17. The molecule has 3 rings (SSSR count). The number of benzene rings is 1. The Hall–Kier alpha value is -0.990. The van der Waals surface area contributed by atoms with Gasteiger partial charge < -0.3 is 10.3 Å². The first-order chi connectivity index (χ1) is 7.25. The lowest BCUT2D eigenvalue weighted by Crippen LogP contribution is -2.31. The fourth-order valence-electron chi connectivity index (χ4n) is 2.38. The molecule has 1 unspecified atom stereocenters. The van der Waals surface area contributed by atoms with Gasteiger partial charge in [0.15, 0.2) is 0 Å². The normalized spacial score (nSPS) is 20.5. The first-order valence-electron chi connectivity index (χ1n) is 5.28. The zero-order chi connectivity index (χ0) is 10.4. The molecule has 0 amide bonds. The Labute approximate surface area is 93.6 Å². The molecule has 1 aliphatic heterocycles. The molecule has 78 valence electrons. The summed E-state index contributed by atoms with van der Waals surface area (Å²) in [6, 6.07) is 8.53. The lowest BCUT2D eigenvalue weighted by atomic mass is 10.1. The third-order valence-electron chi connectivity index (χ3n) is 3.17. The zero-order valence-electron chi connectivity index (χ0n) is 8.41. The molecule has 2 heterocycles. The van der Waals surface area contributed by atoms with Crippen LogP contribution in [0.1, 0.15) is 12.1 Å². The van der Waals surface area contributed by atoms with Crippen LogP contribution in [0, 0.1) is 0 Å². The van der Waals surface area contributed by atoms with Gasteiger partial charge in [-0.25, -0.2) is 0 Å². The van der Waals surface area contributed by atoms with Crippen molar-refractivity contribution in [3.8, 4) is 0 Å². The molecule has 0 saturated carbocycles. The molecule has 2 nitrogen and oxygen atoms in total. The summed E-state index contributed by atoms with van der Waals surface area (Å²) in [6.07, 6.45) is 2.14. The highest BCUT2D eigenvalue weighted by Gasteiger charge is 2.18. The van der Waals surface area contributed by atoms with Crippen LogP contribution in [0.5, 0.6) is 0 Å². The van der Waals surface area contributed by atoms with Crippen molar-refractivity contribution in [3.05, 3.63) is 35.0 Å². The number of halogens is 1. The second-order valence-corrected chi connectivity index (χ2v) is 4.62. The summed E-state index contributed by atoms with van der Waals surface area (Å²) >= 11 is 6.17. The molecule has 15 heavy (non-hydrogen) atoms. The highest BCUT2D eigenvalue weighted by molar-refractivity contribution is 6.35. The monoisotopic (exact) mass is 220 g/mol. The Bertz CT molecular complexity index is 516. The largest absolute Gasteiger partial charge is 0.343 e. The van der Waals surface area contributed by atoms with E-state index in [0.29, 0.717) is 0 Å². The smallest absolute Gasteiger partial charge is 0.0499 e. The van der Waals surface area contributed by atoms with Crippen LogP contribution in [0.15, 0.2) is 24.3 Å². The van der Waals surface area contributed by atoms with Crippen LogP contribution in [0.4, 0.5) is 0 Å². The van der Waals surface area contributed by atoms with Crippen molar-refractivity contribution in [3.63, 3.8) is 0 Å². The number of rotatable bonds is 0. The molecular weight excluding hydrogens is 208 g/mol. The van der Waals surface area contributed by atoms with Gasteiger partial charge >= 0.3 is 0 Å². The zero-order valence-corrected chi connectivity index (χ0v) is 9.17. The van der Waals surface area contributed by atoms with E-state index in [4.69, 9.17) is 17.3 Å². The second-order valence-electron chi connectivity index (χ2n) is 4.22. The topological polar surface area (TPSA) is 30.9 Å². The molecule has 0 fully saturated rings. The third-order valence-corrected chi connectivity index (χ3v) is 3.50. The second kappa shape index (κ2) is 3.26. The number of hydrogen-bond donors (Lipinski definition) is 1. The summed E-state index contributed by atoms with van der Waals surface area (Å²) in [4.78, 5) is 0. The van der Waals surface area contributed by atoms with E-state index in [1.807, 2.05) is 12.1 Å². The van der Waals surface area contributed by atoms with Gasteiger partial charge in [0.05, 0.1) is 0 Å². The quantitative estimate of drug-likeness (QED) is 0.727. The van der Waals surface area contributed by atoms with E-state index in [1.54, 1.807) is 0 Å². The van der Waals surface area contributed by atoms with E-state index in [-0.39, 0.29) is 6.04 Å². The van der Waals surface area contributed by atoms with Crippen molar-refractivity contribution in [1.29, 1.82) is 0 Å². The molecule has 0 radical (unpaired) electrons. The molecule has 0 bridgehead atoms. The highest BCUT2D eigenvalue weighted by atomic mass is 35.5. The van der Waals surface area contributed by atoms with Gasteiger partial charge in [-0.2, -0.15) is 0 Å².